The Bertz CT molecular complexity index is 575. The van der Waals surface area contributed by atoms with Crippen molar-refractivity contribution in [3.8, 4) is 0 Å². The van der Waals surface area contributed by atoms with Crippen LogP contribution >= 0.6 is 0 Å². The first-order valence-electron chi connectivity index (χ1n) is 9.83. The summed E-state index contributed by atoms with van der Waals surface area (Å²) in [5, 5.41) is 5.62. The minimum Gasteiger partial charge on any atom is -0.464 e. The highest BCUT2D eigenvalue weighted by Crippen LogP contribution is 2.06. The number of hydrogen-bond donors (Lipinski definition) is 2. The second-order valence-corrected chi connectivity index (χ2v) is 6.48. The third kappa shape index (κ3) is 10.4. The maximum atomic E-state index is 12.2. The van der Waals surface area contributed by atoms with Gasteiger partial charge in [-0.3, -0.25) is 9.59 Å². The number of hydrogen-bond acceptors (Lipinski definition) is 4. The van der Waals surface area contributed by atoms with E-state index in [1.165, 1.54) is 0 Å². The predicted molar refractivity (Wildman–Crippen MR) is 105 cm³/mol. The van der Waals surface area contributed by atoms with E-state index in [2.05, 4.69) is 17.6 Å². The molecule has 0 radical (unpaired) electrons. The number of carbonyl (C=O) groups is 3. The summed E-state index contributed by atoms with van der Waals surface area (Å²) in [6.07, 6.45) is 4.60. The molecule has 6 nitrogen and oxygen atoms in total. The van der Waals surface area contributed by atoms with E-state index in [-0.39, 0.29) is 24.8 Å². The molecule has 0 bridgehead atoms. The summed E-state index contributed by atoms with van der Waals surface area (Å²) in [6, 6.07) is 8.61. The van der Waals surface area contributed by atoms with Crippen LogP contribution in [0.25, 0.3) is 0 Å². The molecule has 0 saturated carbocycles. The van der Waals surface area contributed by atoms with Crippen LogP contribution in [0.2, 0.25) is 0 Å². The Morgan fingerprint density at radius 1 is 1.00 bits per heavy atom. The lowest BCUT2D eigenvalue weighted by atomic mass is 10.1. The average Bonchev–Trinajstić information content (AvgIpc) is 2.65. The molecule has 0 fully saturated rings. The molecule has 1 aromatic rings. The summed E-state index contributed by atoms with van der Waals surface area (Å²) < 4.78 is 5.05. The minimum absolute atomic E-state index is 0.0238. The van der Waals surface area contributed by atoms with Crippen LogP contribution in [0.3, 0.4) is 0 Å². The number of benzene rings is 1. The maximum absolute atomic E-state index is 12.2. The first-order chi connectivity index (χ1) is 13.1. The molecule has 6 heteroatoms. The first-order valence-corrected chi connectivity index (χ1v) is 9.83. The number of ether oxygens (including phenoxy) is 1. The van der Waals surface area contributed by atoms with Crippen molar-refractivity contribution in [2.24, 2.45) is 0 Å². The van der Waals surface area contributed by atoms with Gasteiger partial charge in [-0.25, -0.2) is 4.79 Å². The van der Waals surface area contributed by atoms with E-state index in [9.17, 15) is 14.4 Å². The lowest BCUT2D eigenvalue weighted by Gasteiger charge is -2.17. The highest BCUT2D eigenvalue weighted by Gasteiger charge is 2.22. The van der Waals surface area contributed by atoms with Gasteiger partial charge in [0.1, 0.15) is 6.04 Å². The van der Waals surface area contributed by atoms with Gasteiger partial charge in [-0.1, -0.05) is 50.1 Å². The number of nitrogens with one attached hydrogen (secondary N) is 2. The second kappa shape index (κ2) is 13.8. The Labute approximate surface area is 162 Å². The first kappa shape index (κ1) is 22.7. The van der Waals surface area contributed by atoms with Gasteiger partial charge in [-0.15, -0.1) is 0 Å². The summed E-state index contributed by atoms with van der Waals surface area (Å²) in [5.41, 5.74) is 0.879. The maximum Gasteiger partial charge on any atom is 0.328 e. The van der Waals surface area contributed by atoms with Gasteiger partial charge < -0.3 is 15.4 Å². The molecule has 0 saturated heterocycles. The van der Waals surface area contributed by atoms with E-state index in [1.54, 1.807) is 6.92 Å². The molecular formula is C21H32N2O4. The van der Waals surface area contributed by atoms with Crippen molar-refractivity contribution in [2.45, 2.75) is 64.8 Å². The zero-order valence-electron chi connectivity index (χ0n) is 16.5. The van der Waals surface area contributed by atoms with Gasteiger partial charge >= 0.3 is 5.97 Å². The quantitative estimate of drug-likeness (QED) is 0.409. The molecule has 2 N–H and O–H groups in total. The van der Waals surface area contributed by atoms with Crippen molar-refractivity contribution in [1.29, 1.82) is 0 Å². The Morgan fingerprint density at radius 3 is 2.41 bits per heavy atom. The topological polar surface area (TPSA) is 84.5 Å². The summed E-state index contributed by atoms with van der Waals surface area (Å²) in [4.78, 5) is 36.2. The summed E-state index contributed by atoms with van der Waals surface area (Å²) in [6.45, 7) is 4.78. The van der Waals surface area contributed by atoms with Gasteiger partial charge in [0.05, 0.1) is 13.0 Å². The van der Waals surface area contributed by atoms with Gasteiger partial charge in [0, 0.05) is 13.0 Å². The standard InChI is InChI=1S/C21H32N2O4/c1-3-5-9-15-22-19(24)14-10-13-18(21(26)27-4-2)23-20(25)16-17-11-7-6-8-12-17/h6-8,11-12,18H,3-5,9-10,13-16H2,1-2H3,(H,22,24)(H,23,25). The largest absolute Gasteiger partial charge is 0.464 e. The number of carbonyl (C=O) groups excluding carboxylic acids is 3. The number of esters is 1. The van der Waals surface area contributed by atoms with E-state index in [4.69, 9.17) is 4.74 Å². The monoisotopic (exact) mass is 376 g/mol. The third-order valence-electron chi connectivity index (χ3n) is 4.11. The van der Waals surface area contributed by atoms with E-state index >= 15 is 0 Å². The summed E-state index contributed by atoms with van der Waals surface area (Å²) in [5.74, 6) is -0.713. The third-order valence-corrected chi connectivity index (χ3v) is 4.11. The molecule has 150 valence electrons. The molecule has 1 unspecified atom stereocenters. The van der Waals surface area contributed by atoms with E-state index in [0.717, 1.165) is 24.8 Å². The van der Waals surface area contributed by atoms with E-state index in [1.807, 2.05) is 30.3 Å². The number of amides is 2. The van der Waals surface area contributed by atoms with Crippen molar-refractivity contribution in [1.82, 2.24) is 10.6 Å². The molecule has 0 aliphatic heterocycles. The van der Waals surface area contributed by atoms with Gasteiger partial charge in [0.15, 0.2) is 0 Å². The van der Waals surface area contributed by atoms with Crippen LogP contribution < -0.4 is 10.6 Å². The molecule has 0 aromatic heterocycles. The zero-order chi connectivity index (χ0) is 19.9. The van der Waals surface area contributed by atoms with Crippen molar-refractivity contribution in [2.75, 3.05) is 13.2 Å². The van der Waals surface area contributed by atoms with E-state index in [0.29, 0.717) is 25.8 Å². The molecule has 27 heavy (non-hydrogen) atoms. The highest BCUT2D eigenvalue weighted by molar-refractivity contribution is 5.85. The smallest absolute Gasteiger partial charge is 0.328 e. The Kier molecular flexibility index (Phi) is 11.6. The lowest BCUT2D eigenvalue weighted by Crippen LogP contribution is -2.42. The Morgan fingerprint density at radius 2 is 1.74 bits per heavy atom. The highest BCUT2D eigenvalue weighted by atomic mass is 16.5. The van der Waals surface area contributed by atoms with Crippen LogP contribution in [0.15, 0.2) is 30.3 Å². The van der Waals surface area contributed by atoms with Crippen LogP contribution in [-0.2, 0) is 25.5 Å². The molecule has 0 aliphatic carbocycles. The second-order valence-electron chi connectivity index (χ2n) is 6.48. The van der Waals surface area contributed by atoms with Crippen LogP contribution in [0.5, 0.6) is 0 Å². The van der Waals surface area contributed by atoms with Crippen LogP contribution in [0.1, 0.15) is 57.9 Å². The predicted octanol–water partition coefficient (Wildman–Crippen LogP) is 2.75. The summed E-state index contributed by atoms with van der Waals surface area (Å²) in [7, 11) is 0. The van der Waals surface area contributed by atoms with Crippen molar-refractivity contribution < 1.29 is 19.1 Å². The molecule has 1 rings (SSSR count). The fraction of sp³-hybridized carbons (Fsp3) is 0.571. The Balaban J connectivity index is 2.43. The molecule has 1 atom stereocenters. The van der Waals surface area contributed by atoms with Crippen LogP contribution in [0.4, 0.5) is 0 Å². The zero-order valence-corrected chi connectivity index (χ0v) is 16.5. The number of unbranched alkanes of at least 4 members (excludes halogenated alkanes) is 2. The SMILES string of the molecule is CCCCCNC(=O)CCCC(NC(=O)Cc1ccccc1)C(=O)OCC. The van der Waals surface area contributed by atoms with Crippen LogP contribution in [-0.4, -0.2) is 37.0 Å². The van der Waals surface area contributed by atoms with Crippen molar-refractivity contribution in [3.05, 3.63) is 35.9 Å². The van der Waals surface area contributed by atoms with E-state index < -0.39 is 12.0 Å². The fourth-order valence-electron chi connectivity index (χ4n) is 2.68. The van der Waals surface area contributed by atoms with Gasteiger partial charge in [0.2, 0.25) is 11.8 Å². The molecule has 1 aromatic carbocycles. The molecule has 2 amide bonds. The minimum atomic E-state index is -0.728. The number of rotatable bonds is 13. The summed E-state index contributed by atoms with van der Waals surface area (Å²) >= 11 is 0. The molecule has 0 aliphatic rings. The molecule has 0 spiro atoms. The van der Waals surface area contributed by atoms with Gasteiger partial charge in [0.25, 0.3) is 0 Å². The lowest BCUT2D eigenvalue weighted by molar-refractivity contribution is -0.147. The van der Waals surface area contributed by atoms with Crippen molar-refractivity contribution >= 4 is 17.8 Å². The fourth-order valence-corrected chi connectivity index (χ4v) is 2.68. The average molecular weight is 376 g/mol. The molecular weight excluding hydrogens is 344 g/mol. The van der Waals surface area contributed by atoms with Crippen LogP contribution in [0, 0.1) is 0 Å². The molecule has 0 heterocycles. The van der Waals surface area contributed by atoms with Gasteiger partial charge in [-0.05, 0) is 31.7 Å². The van der Waals surface area contributed by atoms with Crippen molar-refractivity contribution in [3.63, 3.8) is 0 Å². The normalized spacial score (nSPS) is 11.5. The Hall–Kier alpha value is -2.37. The van der Waals surface area contributed by atoms with Gasteiger partial charge in [-0.2, -0.15) is 0 Å².